The van der Waals surface area contributed by atoms with Gasteiger partial charge >= 0.3 is 0 Å². The highest BCUT2D eigenvalue weighted by atomic mass is 32.2. The molecular formula is C14H20N2O5S. The van der Waals surface area contributed by atoms with Crippen molar-refractivity contribution >= 4 is 15.9 Å². The Kier molecular flexibility index (Phi) is 5.25. The topological polar surface area (TPSA) is 93.7 Å². The number of fused-ring (bicyclic) bond motifs is 1. The first-order chi connectivity index (χ1) is 10.4. The number of amides is 1. The number of hydrogen-bond acceptors (Lipinski definition) is 5. The molecule has 1 atom stereocenters. The minimum atomic E-state index is -3.78. The fourth-order valence-electron chi connectivity index (χ4n) is 1.86. The smallest absolute Gasteiger partial charge is 0.241 e. The summed E-state index contributed by atoms with van der Waals surface area (Å²) in [6.07, 6.45) is 0.778. The average molecular weight is 328 g/mol. The molecule has 8 heteroatoms. The Morgan fingerprint density at radius 1 is 1.27 bits per heavy atom. The van der Waals surface area contributed by atoms with Crippen LogP contribution in [0.15, 0.2) is 23.1 Å². The van der Waals surface area contributed by atoms with Crippen molar-refractivity contribution in [2.75, 3.05) is 19.8 Å². The molecule has 2 rings (SSSR count). The van der Waals surface area contributed by atoms with E-state index >= 15 is 0 Å². The van der Waals surface area contributed by atoms with Gasteiger partial charge < -0.3 is 14.8 Å². The number of sulfonamides is 1. The monoisotopic (exact) mass is 328 g/mol. The number of benzene rings is 1. The number of nitrogens with one attached hydrogen (secondary N) is 2. The van der Waals surface area contributed by atoms with Gasteiger partial charge in [-0.05, 0) is 25.5 Å². The van der Waals surface area contributed by atoms with E-state index in [1.165, 1.54) is 12.1 Å². The van der Waals surface area contributed by atoms with Gasteiger partial charge in [-0.15, -0.1) is 0 Å². The molecule has 122 valence electrons. The van der Waals surface area contributed by atoms with Gasteiger partial charge in [0.05, 0.1) is 11.4 Å². The fraction of sp³-hybridized carbons (Fsp3) is 0.500. The van der Waals surface area contributed by atoms with Crippen molar-refractivity contribution in [3.8, 4) is 11.5 Å². The van der Waals surface area contributed by atoms with Gasteiger partial charge in [0.15, 0.2) is 11.5 Å². The number of rotatable bonds is 6. The van der Waals surface area contributed by atoms with Crippen molar-refractivity contribution in [1.29, 1.82) is 0 Å². The fourth-order valence-corrected chi connectivity index (χ4v) is 2.86. The van der Waals surface area contributed by atoms with Crippen LogP contribution in [-0.4, -0.2) is 40.1 Å². The lowest BCUT2D eigenvalue weighted by Gasteiger charge is -2.19. The predicted octanol–water partition coefficient (Wildman–Crippen LogP) is 0.651. The van der Waals surface area contributed by atoms with E-state index in [0.29, 0.717) is 24.7 Å². The number of hydrogen-bond donors (Lipinski definition) is 2. The van der Waals surface area contributed by atoms with Crippen LogP contribution in [-0.2, 0) is 14.8 Å². The molecule has 1 aromatic carbocycles. The van der Waals surface area contributed by atoms with Gasteiger partial charge in [-0.25, -0.2) is 13.1 Å². The van der Waals surface area contributed by atoms with Crippen LogP contribution in [0.2, 0.25) is 0 Å². The molecule has 0 fully saturated rings. The summed E-state index contributed by atoms with van der Waals surface area (Å²) in [5.41, 5.74) is 0. The van der Waals surface area contributed by atoms with Gasteiger partial charge in [-0.2, -0.15) is 0 Å². The number of carbonyl (C=O) groups is 1. The van der Waals surface area contributed by atoms with E-state index in [2.05, 4.69) is 10.0 Å². The first kappa shape index (κ1) is 16.6. The Bertz CT molecular complexity index is 645. The molecule has 1 heterocycles. The Morgan fingerprint density at radius 3 is 2.64 bits per heavy atom. The zero-order valence-corrected chi connectivity index (χ0v) is 13.4. The summed E-state index contributed by atoms with van der Waals surface area (Å²) in [5.74, 6) is 0.536. The molecule has 0 spiro atoms. The minimum Gasteiger partial charge on any atom is -0.486 e. The van der Waals surface area contributed by atoms with Crippen molar-refractivity contribution in [2.45, 2.75) is 31.2 Å². The highest BCUT2D eigenvalue weighted by Crippen LogP contribution is 2.32. The van der Waals surface area contributed by atoms with E-state index < -0.39 is 10.0 Å². The summed E-state index contributed by atoms with van der Waals surface area (Å²) in [6.45, 7) is 4.30. The molecule has 0 bridgehead atoms. The maximum atomic E-state index is 12.2. The standard InChI is InChI=1S/C14H20N2O5S/c1-3-10(2)16-14(17)9-15-22(18,19)11-4-5-12-13(8-11)21-7-6-20-12/h4-5,8,10,15H,3,6-7,9H2,1-2H3,(H,16,17). The summed E-state index contributed by atoms with van der Waals surface area (Å²) < 4.78 is 37.4. The average Bonchev–Trinajstić information content (AvgIpc) is 2.52. The van der Waals surface area contributed by atoms with Crippen molar-refractivity contribution < 1.29 is 22.7 Å². The zero-order chi connectivity index (χ0) is 16.2. The summed E-state index contributed by atoms with van der Waals surface area (Å²) in [4.78, 5) is 11.7. The van der Waals surface area contributed by atoms with E-state index in [1.807, 2.05) is 13.8 Å². The molecule has 0 saturated carbocycles. The van der Waals surface area contributed by atoms with Crippen LogP contribution in [0.25, 0.3) is 0 Å². The maximum Gasteiger partial charge on any atom is 0.241 e. The molecule has 1 amide bonds. The van der Waals surface area contributed by atoms with Crippen molar-refractivity contribution in [3.63, 3.8) is 0 Å². The normalized spacial score (nSPS) is 15.2. The van der Waals surface area contributed by atoms with Crippen molar-refractivity contribution in [3.05, 3.63) is 18.2 Å². The molecule has 2 N–H and O–H groups in total. The zero-order valence-electron chi connectivity index (χ0n) is 12.6. The molecule has 0 radical (unpaired) electrons. The molecular weight excluding hydrogens is 308 g/mol. The molecule has 1 aliphatic heterocycles. The van der Waals surface area contributed by atoms with E-state index in [-0.39, 0.29) is 23.4 Å². The van der Waals surface area contributed by atoms with E-state index in [9.17, 15) is 13.2 Å². The Hall–Kier alpha value is -1.80. The lowest BCUT2D eigenvalue weighted by Crippen LogP contribution is -2.40. The maximum absolute atomic E-state index is 12.2. The van der Waals surface area contributed by atoms with Crippen LogP contribution in [0.5, 0.6) is 11.5 Å². The molecule has 0 aromatic heterocycles. The highest BCUT2D eigenvalue weighted by Gasteiger charge is 2.20. The third kappa shape index (κ3) is 4.11. The van der Waals surface area contributed by atoms with E-state index in [1.54, 1.807) is 6.07 Å². The quantitative estimate of drug-likeness (QED) is 0.800. The van der Waals surface area contributed by atoms with Crippen LogP contribution < -0.4 is 19.5 Å². The summed E-state index contributed by atoms with van der Waals surface area (Å²) >= 11 is 0. The lowest BCUT2D eigenvalue weighted by molar-refractivity contribution is -0.120. The van der Waals surface area contributed by atoms with Gasteiger partial charge in [0, 0.05) is 12.1 Å². The second-order valence-corrected chi connectivity index (χ2v) is 6.77. The molecule has 7 nitrogen and oxygen atoms in total. The number of carbonyl (C=O) groups excluding carboxylic acids is 1. The molecule has 1 unspecified atom stereocenters. The molecule has 1 aliphatic rings. The van der Waals surface area contributed by atoms with E-state index in [4.69, 9.17) is 9.47 Å². The van der Waals surface area contributed by atoms with Gasteiger partial charge in [-0.1, -0.05) is 6.92 Å². The molecule has 0 saturated heterocycles. The summed E-state index contributed by atoms with van der Waals surface area (Å²) in [5, 5.41) is 2.69. The van der Waals surface area contributed by atoms with Crippen LogP contribution >= 0.6 is 0 Å². The lowest BCUT2D eigenvalue weighted by atomic mass is 10.2. The van der Waals surface area contributed by atoms with Gasteiger partial charge in [0.25, 0.3) is 0 Å². The van der Waals surface area contributed by atoms with Crippen LogP contribution in [0.3, 0.4) is 0 Å². The number of ether oxygens (including phenoxy) is 2. The third-order valence-corrected chi connectivity index (χ3v) is 4.67. The minimum absolute atomic E-state index is 0.00583. The van der Waals surface area contributed by atoms with Crippen LogP contribution in [0, 0.1) is 0 Å². The Morgan fingerprint density at radius 2 is 1.95 bits per heavy atom. The highest BCUT2D eigenvalue weighted by molar-refractivity contribution is 7.89. The van der Waals surface area contributed by atoms with Crippen molar-refractivity contribution in [1.82, 2.24) is 10.0 Å². The Labute approximate surface area is 130 Å². The van der Waals surface area contributed by atoms with E-state index in [0.717, 1.165) is 6.42 Å². The van der Waals surface area contributed by atoms with Crippen LogP contribution in [0.4, 0.5) is 0 Å². The van der Waals surface area contributed by atoms with Gasteiger partial charge in [0.1, 0.15) is 13.2 Å². The molecule has 22 heavy (non-hydrogen) atoms. The summed E-state index contributed by atoms with van der Waals surface area (Å²) in [6, 6.07) is 4.36. The van der Waals surface area contributed by atoms with Gasteiger partial charge in [-0.3, -0.25) is 4.79 Å². The summed E-state index contributed by atoms with van der Waals surface area (Å²) in [7, 11) is -3.78. The largest absolute Gasteiger partial charge is 0.486 e. The van der Waals surface area contributed by atoms with Crippen molar-refractivity contribution in [2.24, 2.45) is 0 Å². The third-order valence-electron chi connectivity index (χ3n) is 3.27. The van der Waals surface area contributed by atoms with Crippen LogP contribution in [0.1, 0.15) is 20.3 Å². The first-order valence-corrected chi connectivity index (χ1v) is 8.59. The first-order valence-electron chi connectivity index (χ1n) is 7.11. The molecule has 1 aromatic rings. The van der Waals surface area contributed by atoms with Gasteiger partial charge in [0.2, 0.25) is 15.9 Å². The molecule has 0 aliphatic carbocycles. The second kappa shape index (κ2) is 6.97. The Balaban J connectivity index is 2.02. The second-order valence-electron chi connectivity index (χ2n) is 5.01. The predicted molar refractivity (Wildman–Crippen MR) is 80.5 cm³/mol. The SMILES string of the molecule is CCC(C)NC(=O)CNS(=O)(=O)c1ccc2c(c1)OCCO2.